The Hall–Kier alpha value is -0.240. The van der Waals surface area contributed by atoms with Gasteiger partial charge >= 0.3 is 5.37 Å². The first-order valence-corrected chi connectivity index (χ1v) is 6.11. The number of nitrogens with zero attached hydrogens (tertiary/aromatic N) is 1. The van der Waals surface area contributed by atoms with Gasteiger partial charge in [0.2, 0.25) is 0 Å². The van der Waals surface area contributed by atoms with Crippen molar-refractivity contribution in [3.8, 4) is 0 Å². The summed E-state index contributed by atoms with van der Waals surface area (Å²) in [5, 5.41) is -0.238. The van der Waals surface area contributed by atoms with Crippen LogP contribution in [0.5, 0.6) is 0 Å². The zero-order valence-corrected chi connectivity index (χ0v) is 9.30. The summed E-state index contributed by atoms with van der Waals surface area (Å²) in [6.07, 6.45) is 8.92. The maximum absolute atomic E-state index is 11.2. The van der Waals surface area contributed by atoms with Gasteiger partial charge < -0.3 is 4.90 Å². The van der Waals surface area contributed by atoms with Crippen LogP contribution in [0.2, 0.25) is 0 Å². The summed E-state index contributed by atoms with van der Waals surface area (Å²) in [5.74, 6) is 0.715. The Morgan fingerprint density at radius 2 is 1.79 bits per heavy atom. The van der Waals surface area contributed by atoms with Gasteiger partial charge in [-0.2, -0.15) is 0 Å². The summed E-state index contributed by atoms with van der Waals surface area (Å²) < 4.78 is 0. The van der Waals surface area contributed by atoms with Crippen LogP contribution in [0.4, 0.5) is 4.79 Å². The largest absolute Gasteiger partial charge is 0.326 e. The monoisotopic (exact) mass is 215 g/mol. The molecule has 0 N–H and O–H groups in total. The minimum absolute atomic E-state index is 0.238. The molecule has 2 rings (SSSR count). The molecule has 0 bridgehead atoms. The summed E-state index contributed by atoms with van der Waals surface area (Å²) in [6, 6.07) is 0.474. The Kier molecular flexibility index (Phi) is 3.32. The van der Waals surface area contributed by atoms with Gasteiger partial charge in [-0.3, -0.25) is 4.79 Å². The van der Waals surface area contributed by atoms with E-state index in [1.54, 1.807) is 0 Å². The van der Waals surface area contributed by atoms with Crippen molar-refractivity contribution < 1.29 is 4.79 Å². The quantitative estimate of drug-likeness (QED) is 0.522. The fourth-order valence-corrected chi connectivity index (χ4v) is 2.61. The Morgan fingerprint density at radius 1 is 1.14 bits per heavy atom. The van der Waals surface area contributed by atoms with Gasteiger partial charge in [-0.1, -0.05) is 19.3 Å². The summed E-state index contributed by atoms with van der Waals surface area (Å²) in [7, 11) is 0. The number of halogens is 1. The van der Waals surface area contributed by atoms with E-state index in [4.69, 9.17) is 11.6 Å². The van der Waals surface area contributed by atoms with Crippen molar-refractivity contribution in [3.63, 3.8) is 0 Å². The maximum atomic E-state index is 11.2. The van der Waals surface area contributed by atoms with Crippen LogP contribution >= 0.6 is 11.6 Å². The molecule has 2 aliphatic carbocycles. The second-order valence-electron chi connectivity index (χ2n) is 4.64. The zero-order valence-electron chi connectivity index (χ0n) is 8.54. The molecule has 0 aliphatic heterocycles. The van der Waals surface area contributed by atoms with Crippen molar-refractivity contribution in [2.45, 2.75) is 51.0 Å². The molecule has 1 amide bonds. The van der Waals surface area contributed by atoms with E-state index < -0.39 is 0 Å². The summed E-state index contributed by atoms with van der Waals surface area (Å²) in [6.45, 7) is 0.910. The summed E-state index contributed by atoms with van der Waals surface area (Å²) >= 11 is 5.59. The van der Waals surface area contributed by atoms with Gasteiger partial charge in [0.1, 0.15) is 0 Å². The lowest BCUT2D eigenvalue weighted by atomic mass is 9.89. The number of hydrogen-bond acceptors (Lipinski definition) is 1. The van der Waals surface area contributed by atoms with Crippen LogP contribution in [0.1, 0.15) is 44.9 Å². The predicted octanol–water partition coefficient (Wildman–Crippen LogP) is 3.39. The molecule has 2 fully saturated rings. The highest BCUT2D eigenvalue weighted by Gasteiger charge is 2.33. The van der Waals surface area contributed by atoms with Crippen molar-refractivity contribution in [1.82, 2.24) is 4.90 Å². The number of rotatable bonds is 3. The normalized spacial score (nSPS) is 23.5. The molecule has 0 saturated heterocycles. The molecule has 0 aromatic heterocycles. The average Bonchev–Trinajstić information content (AvgIpc) is 2.99. The molecule has 2 aliphatic rings. The van der Waals surface area contributed by atoms with Crippen molar-refractivity contribution >= 4 is 17.0 Å². The number of hydrogen-bond donors (Lipinski definition) is 0. The van der Waals surface area contributed by atoms with E-state index in [1.165, 1.54) is 32.1 Å². The van der Waals surface area contributed by atoms with Crippen LogP contribution in [0.25, 0.3) is 0 Å². The third kappa shape index (κ3) is 2.63. The van der Waals surface area contributed by atoms with E-state index >= 15 is 0 Å². The molecule has 0 aromatic carbocycles. The van der Waals surface area contributed by atoms with Crippen molar-refractivity contribution in [3.05, 3.63) is 0 Å². The Labute approximate surface area is 90.6 Å². The fourth-order valence-electron chi connectivity index (χ4n) is 2.40. The lowest BCUT2D eigenvalue weighted by Gasteiger charge is -2.28. The lowest BCUT2D eigenvalue weighted by molar-refractivity contribution is 0.195. The third-order valence-electron chi connectivity index (χ3n) is 3.39. The van der Waals surface area contributed by atoms with E-state index in [0.717, 1.165) is 19.4 Å². The molecule has 2 nitrogen and oxygen atoms in total. The molecule has 0 unspecified atom stereocenters. The van der Waals surface area contributed by atoms with E-state index in [0.29, 0.717) is 12.0 Å². The highest BCUT2D eigenvalue weighted by atomic mass is 35.5. The predicted molar refractivity (Wildman–Crippen MR) is 57.6 cm³/mol. The second-order valence-corrected chi connectivity index (χ2v) is 4.96. The number of carbonyl (C=O) groups excluding carboxylic acids is 1. The fraction of sp³-hybridized carbons (Fsp3) is 0.909. The van der Waals surface area contributed by atoms with Crippen molar-refractivity contribution in [1.29, 1.82) is 0 Å². The number of carbonyl (C=O) groups is 1. The molecule has 0 spiro atoms. The molecule has 3 heteroatoms. The van der Waals surface area contributed by atoms with E-state index in [1.807, 2.05) is 4.90 Å². The van der Waals surface area contributed by atoms with Crippen molar-refractivity contribution in [2.24, 2.45) is 5.92 Å². The minimum Gasteiger partial charge on any atom is -0.326 e. The van der Waals surface area contributed by atoms with E-state index in [2.05, 4.69) is 0 Å². The van der Waals surface area contributed by atoms with Gasteiger partial charge in [0.15, 0.2) is 0 Å². The highest BCUT2D eigenvalue weighted by molar-refractivity contribution is 6.62. The van der Waals surface area contributed by atoms with Gasteiger partial charge in [-0.25, -0.2) is 0 Å². The van der Waals surface area contributed by atoms with Crippen LogP contribution in [0, 0.1) is 5.92 Å². The highest BCUT2D eigenvalue weighted by Crippen LogP contribution is 2.31. The Bertz CT molecular complexity index is 209. The molecular weight excluding hydrogens is 198 g/mol. The zero-order chi connectivity index (χ0) is 9.97. The van der Waals surface area contributed by atoms with E-state index in [-0.39, 0.29) is 5.37 Å². The summed E-state index contributed by atoms with van der Waals surface area (Å²) in [4.78, 5) is 13.1. The van der Waals surface area contributed by atoms with Crippen LogP contribution < -0.4 is 0 Å². The Morgan fingerprint density at radius 3 is 2.29 bits per heavy atom. The second kappa shape index (κ2) is 4.52. The van der Waals surface area contributed by atoms with Crippen molar-refractivity contribution in [2.75, 3.05) is 6.54 Å². The smallest absolute Gasteiger partial charge is 0.316 e. The van der Waals surface area contributed by atoms with Crippen LogP contribution in [0.3, 0.4) is 0 Å². The van der Waals surface area contributed by atoms with E-state index in [9.17, 15) is 4.79 Å². The van der Waals surface area contributed by atoms with Crippen LogP contribution in [-0.4, -0.2) is 22.9 Å². The molecule has 0 aromatic rings. The van der Waals surface area contributed by atoms with Gasteiger partial charge in [-0.05, 0) is 43.2 Å². The number of amides is 1. The molecule has 2 saturated carbocycles. The van der Waals surface area contributed by atoms with Crippen LogP contribution in [0.15, 0.2) is 0 Å². The SMILES string of the molecule is O=C(Cl)N(CC1CCCCC1)C1CC1. The first kappa shape index (κ1) is 10.3. The summed E-state index contributed by atoms with van der Waals surface area (Å²) in [5.41, 5.74) is 0. The first-order valence-electron chi connectivity index (χ1n) is 5.73. The third-order valence-corrected chi connectivity index (χ3v) is 3.61. The molecular formula is C11H18ClNO. The lowest BCUT2D eigenvalue weighted by Crippen LogP contribution is -2.34. The maximum Gasteiger partial charge on any atom is 0.316 e. The van der Waals surface area contributed by atoms with Gasteiger partial charge in [0, 0.05) is 12.6 Å². The van der Waals surface area contributed by atoms with Gasteiger partial charge in [-0.15, -0.1) is 0 Å². The standard InChI is InChI=1S/C11H18ClNO/c12-11(14)13(10-6-7-10)8-9-4-2-1-3-5-9/h9-10H,1-8H2. The molecule has 14 heavy (non-hydrogen) atoms. The molecule has 80 valence electrons. The van der Waals surface area contributed by atoms with Crippen LogP contribution in [-0.2, 0) is 0 Å². The first-order chi connectivity index (χ1) is 6.77. The topological polar surface area (TPSA) is 20.3 Å². The van der Waals surface area contributed by atoms with Gasteiger partial charge in [0.05, 0.1) is 0 Å². The average molecular weight is 216 g/mol. The molecule has 0 heterocycles. The minimum atomic E-state index is -0.238. The molecule has 0 atom stereocenters. The Balaban J connectivity index is 1.82. The van der Waals surface area contributed by atoms with Gasteiger partial charge in [0.25, 0.3) is 0 Å². The molecule has 0 radical (unpaired) electrons.